The van der Waals surface area contributed by atoms with Crippen LogP contribution in [-0.4, -0.2) is 0 Å². The van der Waals surface area contributed by atoms with E-state index in [4.69, 9.17) is 0 Å². The van der Waals surface area contributed by atoms with E-state index >= 15 is 0 Å². The summed E-state index contributed by atoms with van der Waals surface area (Å²) in [5.41, 5.74) is 4.78. The van der Waals surface area contributed by atoms with Crippen molar-refractivity contribution in [1.29, 1.82) is 0 Å². The Balaban J connectivity index is 0.00000137. The molecule has 0 fully saturated rings. The van der Waals surface area contributed by atoms with Crippen molar-refractivity contribution in [3.8, 4) is 0 Å². The van der Waals surface area contributed by atoms with Crippen molar-refractivity contribution in [2.24, 2.45) is 0 Å². The van der Waals surface area contributed by atoms with E-state index in [2.05, 4.69) is 32.2 Å². The molecule has 1 aliphatic rings. The third kappa shape index (κ3) is 4.75. The van der Waals surface area contributed by atoms with Crippen LogP contribution in [0.25, 0.3) is 0 Å². The van der Waals surface area contributed by atoms with Gasteiger partial charge >= 0.3 is 0 Å². The molecule has 0 saturated carbocycles. The summed E-state index contributed by atoms with van der Waals surface area (Å²) in [5.74, 6) is 0. The standard InChI is InChI=1S/C16H20.C2H6/c1-5-7-8-10-13(3)14(4)16-12-9-11-15(16)6-2;1-2/h5,7-10,12H,3-4,6,11H2,1-2H3;1-2H3/b7-5-,10-8-;. The summed E-state index contributed by atoms with van der Waals surface area (Å²) < 4.78 is 0. The van der Waals surface area contributed by atoms with Gasteiger partial charge < -0.3 is 0 Å². The third-order valence-electron chi connectivity index (χ3n) is 2.77. The van der Waals surface area contributed by atoms with E-state index in [1.165, 1.54) is 11.1 Å². The van der Waals surface area contributed by atoms with Crippen LogP contribution in [0, 0.1) is 0 Å². The Morgan fingerprint density at radius 3 is 2.50 bits per heavy atom. The zero-order valence-corrected chi connectivity index (χ0v) is 12.3. The summed E-state index contributed by atoms with van der Waals surface area (Å²) in [7, 11) is 0. The van der Waals surface area contributed by atoms with Gasteiger partial charge in [0.05, 0.1) is 0 Å². The molecule has 1 aliphatic carbocycles. The first kappa shape index (κ1) is 16.4. The molecule has 0 aliphatic heterocycles. The molecule has 0 radical (unpaired) electrons. The zero-order chi connectivity index (χ0) is 14.0. The maximum atomic E-state index is 4.13. The van der Waals surface area contributed by atoms with Gasteiger partial charge in [-0.05, 0) is 36.5 Å². The number of hydrogen-bond acceptors (Lipinski definition) is 0. The molecule has 0 aromatic rings. The van der Waals surface area contributed by atoms with Gasteiger partial charge in [0, 0.05) is 0 Å². The summed E-state index contributed by atoms with van der Waals surface area (Å²) >= 11 is 0. The molecule has 0 amide bonds. The van der Waals surface area contributed by atoms with E-state index in [-0.39, 0.29) is 0 Å². The molecule has 1 rings (SSSR count). The molecule has 18 heavy (non-hydrogen) atoms. The van der Waals surface area contributed by atoms with Crippen molar-refractivity contribution >= 4 is 0 Å². The van der Waals surface area contributed by atoms with E-state index in [0.29, 0.717) is 0 Å². The lowest BCUT2D eigenvalue weighted by Crippen LogP contribution is -1.89. The van der Waals surface area contributed by atoms with Gasteiger partial charge in [0.25, 0.3) is 0 Å². The number of hydrogen-bond donors (Lipinski definition) is 0. The highest BCUT2D eigenvalue weighted by molar-refractivity contribution is 5.57. The predicted octanol–water partition coefficient (Wildman–Crippen LogP) is 5.92. The number of allylic oxidation sites excluding steroid dienone is 10. The van der Waals surface area contributed by atoms with E-state index in [0.717, 1.165) is 24.0 Å². The van der Waals surface area contributed by atoms with Gasteiger partial charge in [0.15, 0.2) is 0 Å². The van der Waals surface area contributed by atoms with Gasteiger partial charge in [-0.3, -0.25) is 0 Å². The fourth-order valence-corrected chi connectivity index (χ4v) is 1.75. The Morgan fingerprint density at radius 2 is 1.94 bits per heavy atom. The van der Waals surface area contributed by atoms with E-state index in [1.807, 2.05) is 45.1 Å². The van der Waals surface area contributed by atoms with Crippen molar-refractivity contribution in [2.75, 3.05) is 0 Å². The number of rotatable bonds is 5. The van der Waals surface area contributed by atoms with Crippen LogP contribution in [0.1, 0.15) is 40.5 Å². The highest BCUT2D eigenvalue weighted by atomic mass is 14.2. The Labute approximate surface area is 113 Å². The summed E-state index contributed by atoms with van der Waals surface area (Å²) in [5, 5.41) is 0. The highest BCUT2D eigenvalue weighted by Crippen LogP contribution is 2.30. The minimum atomic E-state index is 0.991. The van der Waals surface area contributed by atoms with Gasteiger partial charge in [-0.1, -0.05) is 76.0 Å². The van der Waals surface area contributed by atoms with Gasteiger partial charge in [0.1, 0.15) is 0 Å². The average molecular weight is 242 g/mol. The Bertz CT molecular complexity index is 398. The fraction of sp³-hybridized carbons (Fsp3) is 0.333. The summed E-state index contributed by atoms with van der Waals surface area (Å²) in [6.07, 6.45) is 14.5. The quantitative estimate of drug-likeness (QED) is 0.525. The van der Waals surface area contributed by atoms with Crippen molar-refractivity contribution < 1.29 is 0 Å². The minimum absolute atomic E-state index is 0.991. The molecular formula is C18H26. The molecular weight excluding hydrogens is 216 g/mol. The maximum absolute atomic E-state index is 4.13. The van der Waals surface area contributed by atoms with Crippen LogP contribution in [0.3, 0.4) is 0 Å². The largest absolute Gasteiger partial charge is 0.0912 e. The molecule has 0 heteroatoms. The predicted molar refractivity (Wildman–Crippen MR) is 84.7 cm³/mol. The normalized spacial score (nSPS) is 14.2. The van der Waals surface area contributed by atoms with Crippen LogP contribution >= 0.6 is 0 Å². The van der Waals surface area contributed by atoms with Crippen LogP contribution in [0.2, 0.25) is 0 Å². The van der Waals surface area contributed by atoms with Gasteiger partial charge in [0.2, 0.25) is 0 Å². The van der Waals surface area contributed by atoms with Crippen LogP contribution in [-0.2, 0) is 0 Å². The molecule has 98 valence electrons. The fourth-order valence-electron chi connectivity index (χ4n) is 1.75. The van der Waals surface area contributed by atoms with Crippen LogP contribution in [0.4, 0.5) is 0 Å². The summed E-state index contributed by atoms with van der Waals surface area (Å²) in [6, 6.07) is 0. The Kier molecular flexibility index (Phi) is 8.65. The molecule has 0 nitrogen and oxygen atoms in total. The van der Waals surface area contributed by atoms with Gasteiger partial charge in [-0.2, -0.15) is 0 Å². The molecule has 0 bridgehead atoms. The lowest BCUT2D eigenvalue weighted by Gasteiger charge is -2.08. The van der Waals surface area contributed by atoms with Crippen molar-refractivity contribution in [3.05, 3.63) is 71.9 Å². The second-order valence-corrected chi connectivity index (χ2v) is 3.87. The van der Waals surface area contributed by atoms with E-state index < -0.39 is 0 Å². The Hall–Kier alpha value is -1.56. The van der Waals surface area contributed by atoms with Crippen LogP contribution < -0.4 is 0 Å². The second kappa shape index (κ2) is 9.47. The first-order valence-corrected chi connectivity index (χ1v) is 6.77. The monoisotopic (exact) mass is 242 g/mol. The van der Waals surface area contributed by atoms with Crippen molar-refractivity contribution in [2.45, 2.75) is 40.5 Å². The molecule has 0 saturated heterocycles. The van der Waals surface area contributed by atoms with E-state index in [1.54, 1.807) is 0 Å². The van der Waals surface area contributed by atoms with Crippen molar-refractivity contribution in [1.82, 2.24) is 0 Å². The smallest absolute Gasteiger partial charge is 0.0126 e. The molecule has 0 aromatic heterocycles. The average Bonchev–Trinajstić information content (AvgIpc) is 2.88. The molecule has 0 aromatic carbocycles. The third-order valence-corrected chi connectivity index (χ3v) is 2.77. The van der Waals surface area contributed by atoms with Gasteiger partial charge in [-0.15, -0.1) is 0 Å². The highest BCUT2D eigenvalue weighted by Gasteiger charge is 2.11. The minimum Gasteiger partial charge on any atom is -0.0912 e. The molecule has 0 atom stereocenters. The first-order chi connectivity index (χ1) is 8.70. The lowest BCUT2D eigenvalue weighted by molar-refractivity contribution is 1.04. The first-order valence-electron chi connectivity index (χ1n) is 6.77. The van der Waals surface area contributed by atoms with Crippen molar-refractivity contribution in [3.63, 3.8) is 0 Å². The molecule has 0 N–H and O–H groups in total. The maximum Gasteiger partial charge on any atom is -0.0126 e. The topological polar surface area (TPSA) is 0 Å². The second-order valence-electron chi connectivity index (χ2n) is 3.87. The van der Waals surface area contributed by atoms with E-state index in [9.17, 15) is 0 Å². The zero-order valence-electron chi connectivity index (χ0n) is 12.3. The van der Waals surface area contributed by atoms with Crippen LogP contribution in [0.15, 0.2) is 71.9 Å². The molecule has 0 heterocycles. The van der Waals surface area contributed by atoms with Gasteiger partial charge in [-0.25, -0.2) is 0 Å². The Morgan fingerprint density at radius 1 is 1.28 bits per heavy atom. The molecule has 0 unspecified atom stereocenters. The summed E-state index contributed by atoms with van der Waals surface area (Å²) in [4.78, 5) is 0. The molecule has 0 spiro atoms. The lowest BCUT2D eigenvalue weighted by atomic mass is 9.96. The SMILES string of the molecule is C=C(/C=C\C=C/C)C(=C)C1=C(CC)CC=C1.CC. The van der Waals surface area contributed by atoms with Crippen LogP contribution in [0.5, 0.6) is 0 Å². The summed E-state index contributed by atoms with van der Waals surface area (Å²) in [6.45, 7) is 16.4.